The highest BCUT2D eigenvalue weighted by Gasteiger charge is 2.50. The lowest BCUT2D eigenvalue weighted by Gasteiger charge is -2.45. The third-order valence-corrected chi connectivity index (χ3v) is 8.13. The molecule has 202 valence electrons. The first-order valence-electron chi connectivity index (χ1n) is 13.5. The molecular weight excluding hydrogens is 493 g/mol. The maximum Gasteiger partial charge on any atom is 0.410 e. The second kappa shape index (κ2) is 10.3. The topological polar surface area (TPSA) is 73.6 Å². The van der Waals surface area contributed by atoms with Gasteiger partial charge in [-0.15, -0.1) is 0 Å². The number of carbonyl (C=O) groups is 2. The number of nitriles is 1. The molecule has 0 aromatic heterocycles. The summed E-state index contributed by atoms with van der Waals surface area (Å²) in [5, 5.41) is 11.6. The lowest BCUT2D eigenvalue weighted by atomic mass is 9.64. The lowest BCUT2D eigenvalue weighted by molar-refractivity contribution is -0.134. The summed E-state index contributed by atoms with van der Waals surface area (Å²) in [5.41, 5.74) is 1.37. The van der Waals surface area contributed by atoms with Crippen molar-refractivity contribution >= 4 is 22.8 Å². The van der Waals surface area contributed by atoms with Crippen molar-refractivity contribution in [3.63, 3.8) is 0 Å². The van der Waals surface area contributed by atoms with Crippen LogP contribution in [0.3, 0.4) is 0 Å². The van der Waals surface area contributed by atoms with E-state index in [1.807, 2.05) is 62.1 Å². The van der Waals surface area contributed by atoms with Gasteiger partial charge in [0.25, 0.3) is 0 Å². The number of fused-ring (bicyclic) bond motifs is 1. The Balaban J connectivity index is 1.42. The van der Waals surface area contributed by atoms with Crippen molar-refractivity contribution in [1.82, 2.24) is 9.80 Å². The van der Waals surface area contributed by atoms with E-state index in [-0.39, 0.29) is 23.7 Å². The molecular formula is C32H34FN3O3. The number of rotatable bonds is 4. The number of amides is 2. The minimum Gasteiger partial charge on any atom is -0.444 e. The molecule has 0 radical (unpaired) electrons. The fraction of sp³-hybridized carbons (Fsp3) is 0.406. The molecule has 0 aliphatic carbocycles. The average molecular weight is 528 g/mol. The molecule has 1 unspecified atom stereocenters. The van der Waals surface area contributed by atoms with E-state index in [9.17, 15) is 19.2 Å². The highest BCUT2D eigenvalue weighted by Crippen LogP contribution is 2.47. The van der Waals surface area contributed by atoms with E-state index in [2.05, 4.69) is 6.07 Å². The molecule has 1 atom stereocenters. The second-order valence-electron chi connectivity index (χ2n) is 11.7. The maximum atomic E-state index is 14.0. The Bertz CT molecular complexity index is 1430. The van der Waals surface area contributed by atoms with Crippen molar-refractivity contribution in [2.75, 3.05) is 19.6 Å². The Morgan fingerprint density at radius 2 is 1.77 bits per heavy atom. The molecule has 0 saturated carbocycles. The third kappa shape index (κ3) is 5.34. The van der Waals surface area contributed by atoms with Crippen molar-refractivity contribution < 1.29 is 18.7 Å². The molecule has 2 saturated heterocycles. The molecule has 7 heteroatoms. The second-order valence-corrected chi connectivity index (χ2v) is 11.7. The smallest absolute Gasteiger partial charge is 0.410 e. The van der Waals surface area contributed by atoms with Gasteiger partial charge in [-0.3, -0.25) is 4.79 Å². The molecule has 0 bridgehead atoms. The number of carbonyl (C=O) groups excluding carboxylic acids is 2. The Morgan fingerprint density at radius 3 is 2.44 bits per heavy atom. The van der Waals surface area contributed by atoms with Crippen LogP contribution in [0, 0.1) is 23.1 Å². The van der Waals surface area contributed by atoms with Crippen LogP contribution >= 0.6 is 0 Å². The highest BCUT2D eigenvalue weighted by atomic mass is 19.1. The summed E-state index contributed by atoms with van der Waals surface area (Å²) in [6.07, 6.45) is 1.52. The van der Waals surface area contributed by atoms with E-state index in [1.165, 1.54) is 12.1 Å². The molecule has 2 aliphatic rings. The van der Waals surface area contributed by atoms with Gasteiger partial charge in [-0.25, -0.2) is 9.18 Å². The fourth-order valence-electron chi connectivity index (χ4n) is 6.23. The lowest BCUT2D eigenvalue weighted by Crippen LogP contribution is -2.51. The van der Waals surface area contributed by atoms with Gasteiger partial charge >= 0.3 is 6.09 Å². The minimum atomic E-state index is -0.586. The zero-order valence-electron chi connectivity index (χ0n) is 22.7. The van der Waals surface area contributed by atoms with E-state index >= 15 is 0 Å². The van der Waals surface area contributed by atoms with Crippen LogP contribution in [0.5, 0.6) is 0 Å². The first kappa shape index (κ1) is 26.7. The van der Waals surface area contributed by atoms with Gasteiger partial charge in [-0.1, -0.05) is 36.4 Å². The van der Waals surface area contributed by atoms with E-state index in [1.54, 1.807) is 17.0 Å². The molecule has 6 nitrogen and oxygen atoms in total. The summed E-state index contributed by atoms with van der Waals surface area (Å²) in [5.74, 6) is -0.533. The van der Waals surface area contributed by atoms with Crippen molar-refractivity contribution in [1.29, 1.82) is 5.26 Å². The maximum absolute atomic E-state index is 14.0. The fourth-order valence-corrected chi connectivity index (χ4v) is 6.23. The molecule has 0 N–H and O–H groups in total. The first-order chi connectivity index (χ1) is 18.6. The molecule has 5 rings (SSSR count). The van der Waals surface area contributed by atoms with Crippen LogP contribution in [-0.4, -0.2) is 47.0 Å². The normalized spacial score (nSPS) is 19.3. The minimum absolute atomic E-state index is 0.0662. The first-order valence-corrected chi connectivity index (χ1v) is 13.5. The molecule has 3 aromatic carbocycles. The number of nitrogens with zero attached hydrogens (tertiary/aromatic N) is 3. The van der Waals surface area contributed by atoms with Gasteiger partial charge in [0.05, 0.1) is 11.6 Å². The summed E-state index contributed by atoms with van der Waals surface area (Å²) in [7, 11) is 0. The number of ether oxygens (including phenoxy) is 1. The summed E-state index contributed by atoms with van der Waals surface area (Å²) in [6, 6.07) is 20.4. The number of hydrogen-bond donors (Lipinski definition) is 0. The van der Waals surface area contributed by atoms with Crippen LogP contribution in [0.2, 0.25) is 0 Å². The third-order valence-electron chi connectivity index (χ3n) is 8.13. The quantitative estimate of drug-likeness (QED) is 0.407. The van der Waals surface area contributed by atoms with Crippen LogP contribution in [0.25, 0.3) is 10.8 Å². The van der Waals surface area contributed by atoms with Gasteiger partial charge in [0.1, 0.15) is 11.4 Å². The predicted octanol–water partition coefficient (Wildman–Crippen LogP) is 6.17. The van der Waals surface area contributed by atoms with Gasteiger partial charge in [-0.2, -0.15) is 5.26 Å². The van der Waals surface area contributed by atoms with E-state index < -0.39 is 11.0 Å². The number of hydrogen-bond acceptors (Lipinski definition) is 4. The van der Waals surface area contributed by atoms with E-state index in [0.717, 1.165) is 21.9 Å². The van der Waals surface area contributed by atoms with Crippen LogP contribution < -0.4 is 0 Å². The molecule has 2 amide bonds. The van der Waals surface area contributed by atoms with Crippen molar-refractivity contribution in [2.45, 2.75) is 57.6 Å². The van der Waals surface area contributed by atoms with Gasteiger partial charge in [0, 0.05) is 37.5 Å². The molecule has 2 heterocycles. The number of benzene rings is 3. The monoisotopic (exact) mass is 527 g/mol. The summed E-state index contributed by atoms with van der Waals surface area (Å²) in [4.78, 5) is 30.4. The van der Waals surface area contributed by atoms with Crippen molar-refractivity contribution in [2.24, 2.45) is 5.92 Å². The number of likely N-dealkylation sites (tertiary alicyclic amines) is 2. The molecule has 39 heavy (non-hydrogen) atoms. The summed E-state index contributed by atoms with van der Waals surface area (Å²) < 4.78 is 19.5. The molecule has 3 aromatic rings. The van der Waals surface area contributed by atoms with Gasteiger partial charge in [0.15, 0.2) is 0 Å². The van der Waals surface area contributed by atoms with E-state index in [0.29, 0.717) is 51.0 Å². The number of halogens is 1. The molecule has 2 aliphatic heterocycles. The van der Waals surface area contributed by atoms with Crippen LogP contribution in [0.15, 0.2) is 60.7 Å². The molecule has 0 spiro atoms. The van der Waals surface area contributed by atoms with Crippen LogP contribution in [-0.2, 0) is 21.5 Å². The van der Waals surface area contributed by atoms with Crippen molar-refractivity contribution in [3.05, 3.63) is 83.2 Å². The Morgan fingerprint density at radius 1 is 1.08 bits per heavy atom. The zero-order valence-corrected chi connectivity index (χ0v) is 22.7. The standard InChI is InChI=1S/C32H34FN3O3/c1-31(2,3)39-30(38)35-16-13-32(14-17-35,25-8-10-26(33)11-9-25)28-12-15-36(29(28)37)21-24-19-22(20-34)18-23-6-4-5-7-27(23)24/h4-11,18-19,28H,12-17,21H2,1-3H3. The van der Waals surface area contributed by atoms with E-state index in [4.69, 9.17) is 4.74 Å². The molecule has 2 fully saturated rings. The predicted molar refractivity (Wildman–Crippen MR) is 147 cm³/mol. The number of piperidine rings is 1. The zero-order chi connectivity index (χ0) is 27.8. The largest absolute Gasteiger partial charge is 0.444 e. The average Bonchev–Trinajstić information content (AvgIpc) is 3.28. The summed E-state index contributed by atoms with van der Waals surface area (Å²) in [6.45, 7) is 7.49. The Kier molecular flexibility index (Phi) is 7.07. The Hall–Kier alpha value is -3.92. The SMILES string of the molecule is CC(C)(C)OC(=O)N1CCC(c2ccc(F)cc2)(C2CCN(Cc3cc(C#N)cc4ccccc34)C2=O)CC1. The highest BCUT2D eigenvalue weighted by molar-refractivity contribution is 5.88. The van der Waals surface area contributed by atoms with Crippen LogP contribution in [0.1, 0.15) is 56.7 Å². The van der Waals surface area contributed by atoms with Gasteiger partial charge in [0.2, 0.25) is 5.91 Å². The van der Waals surface area contributed by atoms with Crippen molar-refractivity contribution in [3.8, 4) is 6.07 Å². The van der Waals surface area contributed by atoms with Gasteiger partial charge < -0.3 is 14.5 Å². The van der Waals surface area contributed by atoms with Gasteiger partial charge in [-0.05, 0) is 86.2 Å². The van der Waals surface area contributed by atoms with Crippen LogP contribution in [0.4, 0.5) is 9.18 Å². The summed E-state index contributed by atoms with van der Waals surface area (Å²) >= 11 is 0. The Labute approximate surface area is 229 Å².